The van der Waals surface area contributed by atoms with E-state index in [4.69, 9.17) is 4.74 Å². The van der Waals surface area contributed by atoms with E-state index in [0.29, 0.717) is 48.2 Å². The van der Waals surface area contributed by atoms with Crippen LogP contribution < -0.4 is 26.0 Å². The molecule has 0 amide bonds. The number of anilines is 1. The molecule has 1 aromatic rings. The predicted molar refractivity (Wildman–Crippen MR) is 110 cm³/mol. The van der Waals surface area contributed by atoms with Gasteiger partial charge >= 0.3 is 6.18 Å². The van der Waals surface area contributed by atoms with Gasteiger partial charge in [-0.2, -0.15) is 13.2 Å². The Balaban J connectivity index is 1.95. The molecule has 1 aromatic carbocycles. The monoisotopic (exact) mass is 409 g/mol. The van der Waals surface area contributed by atoms with E-state index < -0.39 is 12.7 Å². The SMILES string of the molecule is C=C(COc1cccc(NC(=C)NC2=NCC/C2=C(/C)NCC(F)(F)F)c1)NC. The molecule has 0 fully saturated rings. The fourth-order valence-electron chi connectivity index (χ4n) is 2.57. The van der Waals surface area contributed by atoms with E-state index in [2.05, 4.69) is 39.4 Å². The number of hydrogen-bond acceptors (Lipinski definition) is 6. The number of aliphatic imine (C=N–C) groups is 1. The number of nitrogens with zero attached hydrogens (tertiary/aromatic N) is 1. The number of allylic oxidation sites excluding steroid dienone is 1. The first-order valence-electron chi connectivity index (χ1n) is 9.04. The second-order valence-corrected chi connectivity index (χ2v) is 6.45. The van der Waals surface area contributed by atoms with E-state index in [1.54, 1.807) is 20.0 Å². The maximum absolute atomic E-state index is 12.4. The third-order valence-corrected chi connectivity index (χ3v) is 4.09. The Labute approximate surface area is 168 Å². The summed E-state index contributed by atoms with van der Waals surface area (Å²) in [4.78, 5) is 4.32. The van der Waals surface area contributed by atoms with Crippen LogP contribution in [0.2, 0.25) is 0 Å². The van der Waals surface area contributed by atoms with Crippen molar-refractivity contribution in [2.45, 2.75) is 19.5 Å². The summed E-state index contributed by atoms with van der Waals surface area (Å²) in [6, 6.07) is 7.30. The van der Waals surface area contributed by atoms with Gasteiger partial charge in [-0.25, -0.2) is 0 Å². The number of halogens is 3. The van der Waals surface area contributed by atoms with E-state index in [1.807, 2.05) is 18.2 Å². The molecular weight excluding hydrogens is 383 g/mol. The van der Waals surface area contributed by atoms with Crippen LogP contribution in [-0.4, -0.2) is 38.8 Å². The lowest BCUT2D eigenvalue weighted by Gasteiger charge is -2.17. The lowest BCUT2D eigenvalue weighted by molar-refractivity contribution is -0.123. The topological polar surface area (TPSA) is 69.7 Å². The Morgan fingerprint density at radius 1 is 1.24 bits per heavy atom. The summed E-state index contributed by atoms with van der Waals surface area (Å²) in [7, 11) is 1.77. The van der Waals surface area contributed by atoms with Gasteiger partial charge in [-0.1, -0.05) is 19.2 Å². The van der Waals surface area contributed by atoms with Crippen LogP contribution in [0, 0.1) is 0 Å². The normalized spacial score (nSPS) is 15.3. The van der Waals surface area contributed by atoms with Gasteiger partial charge in [0.2, 0.25) is 0 Å². The van der Waals surface area contributed by atoms with Crippen molar-refractivity contribution in [3.8, 4) is 5.75 Å². The molecule has 0 unspecified atom stereocenters. The number of amidine groups is 1. The van der Waals surface area contributed by atoms with Crippen LogP contribution in [0.15, 0.2) is 65.2 Å². The Morgan fingerprint density at radius 2 is 2.00 bits per heavy atom. The molecule has 9 heteroatoms. The highest BCUT2D eigenvalue weighted by Gasteiger charge is 2.27. The van der Waals surface area contributed by atoms with Crippen LogP contribution in [0.3, 0.4) is 0 Å². The number of benzene rings is 1. The molecule has 4 N–H and O–H groups in total. The van der Waals surface area contributed by atoms with Gasteiger partial charge in [-0.15, -0.1) is 0 Å². The van der Waals surface area contributed by atoms with Crippen molar-refractivity contribution in [2.24, 2.45) is 4.99 Å². The quantitative estimate of drug-likeness (QED) is 0.503. The molecule has 29 heavy (non-hydrogen) atoms. The van der Waals surface area contributed by atoms with Crippen LogP contribution in [-0.2, 0) is 0 Å². The lowest BCUT2D eigenvalue weighted by atomic mass is 10.1. The first-order valence-corrected chi connectivity index (χ1v) is 9.04. The molecule has 0 radical (unpaired) electrons. The standard InChI is InChI=1S/C20H26F3N5O/c1-13(24-4)11-29-17-7-5-6-16(10-17)27-15(3)28-19-18(8-9-25-19)14(2)26-12-20(21,22)23/h5-7,10,24,26-27H,1,3,8-9,11-12H2,2,4H3,(H,25,28)/b18-14+. The number of nitrogens with one attached hydrogen (secondary N) is 4. The first-order chi connectivity index (χ1) is 13.7. The molecule has 0 spiro atoms. The highest BCUT2D eigenvalue weighted by Crippen LogP contribution is 2.20. The van der Waals surface area contributed by atoms with E-state index >= 15 is 0 Å². The number of hydrogen-bond donors (Lipinski definition) is 4. The average Bonchev–Trinajstić information content (AvgIpc) is 3.11. The minimum absolute atomic E-state index is 0.342. The summed E-state index contributed by atoms with van der Waals surface area (Å²) in [5, 5.41) is 11.5. The Morgan fingerprint density at radius 3 is 2.69 bits per heavy atom. The fraction of sp³-hybridized carbons (Fsp3) is 0.350. The van der Waals surface area contributed by atoms with E-state index in [9.17, 15) is 13.2 Å². The van der Waals surface area contributed by atoms with Crippen LogP contribution >= 0.6 is 0 Å². The van der Waals surface area contributed by atoms with E-state index in [1.165, 1.54) is 0 Å². The number of rotatable bonds is 9. The summed E-state index contributed by atoms with van der Waals surface area (Å²) in [5.74, 6) is 1.61. The Kier molecular flexibility index (Phi) is 7.58. The molecule has 158 valence electrons. The number of likely N-dealkylation sites (N-methyl/N-ethyl adjacent to an activating group) is 1. The molecule has 0 saturated carbocycles. The van der Waals surface area contributed by atoms with Gasteiger partial charge in [0.25, 0.3) is 0 Å². The van der Waals surface area contributed by atoms with Gasteiger partial charge in [0.05, 0.1) is 0 Å². The highest BCUT2D eigenvalue weighted by atomic mass is 19.4. The first kappa shape index (κ1) is 22.2. The summed E-state index contributed by atoms with van der Waals surface area (Å²) >= 11 is 0. The molecule has 0 aromatic heterocycles. The molecule has 6 nitrogen and oxygen atoms in total. The van der Waals surface area contributed by atoms with Gasteiger partial charge in [0, 0.05) is 42.3 Å². The van der Waals surface area contributed by atoms with Crippen molar-refractivity contribution >= 4 is 11.5 Å². The second kappa shape index (κ2) is 9.90. The van der Waals surface area contributed by atoms with Gasteiger partial charge < -0.3 is 26.0 Å². The minimum Gasteiger partial charge on any atom is -0.487 e. The van der Waals surface area contributed by atoms with Crippen molar-refractivity contribution in [3.05, 3.63) is 60.2 Å². The van der Waals surface area contributed by atoms with Crippen molar-refractivity contribution in [3.63, 3.8) is 0 Å². The second-order valence-electron chi connectivity index (χ2n) is 6.45. The van der Waals surface area contributed by atoms with Crippen molar-refractivity contribution < 1.29 is 17.9 Å². The molecule has 0 atom stereocenters. The van der Waals surface area contributed by atoms with Gasteiger partial charge in [-0.3, -0.25) is 4.99 Å². The molecule has 0 bridgehead atoms. The lowest BCUT2D eigenvalue weighted by Crippen LogP contribution is -2.31. The zero-order chi connectivity index (χ0) is 21.4. The molecule has 0 aliphatic carbocycles. The summed E-state index contributed by atoms with van der Waals surface area (Å²) in [6.07, 6.45) is -3.71. The summed E-state index contributed by atoms with van der Waals surface area (Å²) in [6.45, 7) is 9.10. The zero-order valence-electron chi connectivity index (χ0n) is 16.5. The third-order valence-electron chi connectivity index (χ3n) is 4.09. The molecule has 1 aliphatic rings. The van der Waals surface area contributed by atoms with E-state index in [-0.39, 0.29) is 0 Å². The van der Waals surface area contributed by atoms with Gasteiger partial charge in [0.1, 0.15) is 30.6 Å². The Hall–Kier alpha value is -3.10. The average molecular weight is 409 g/mol. The molecular formula is C20H26F3N5O. The van der Waals surface area contributed by atoms with Crippen LogP contribution in [0.4, 0.5) is 18.9 Å². The highest BCUT2D eigenvalue weighted by molar-refractivity contribution is 6.01. The van der Waals surface area contributed by atoms with E-state index in [0.717, 1.165) is 11.4 Å². The molecule has 0 saturated heterocycles. The zero-order valence-corrected chi connectivity index (χ0v) is 16.5. The van der Waals surface area contributed by atoms with Crippen LogP contribution in [0.25, 0.3) is 0 Å². The fourth-order valence-corrected chi connectivity index (χ4v) is 2.57. The summed E-state index contributed by atoms with van der Waals surface area (Å²) < 4.78 is 42.9. The Bertz CT molecular complexity index is 815. The van der Waals surface area contributed by atoms with Crippen molar-refractivity contribution in [1.29, 1.82) is 0 Å². The maximum atomic E-state index is 12.4. The molecule has 2 rings (SSSR count). The molecule has 1 aliphatic heterocycles. The smallest absolute Gasteiger partial charge is 0.405 e. The number of ether oxygens (including phenoxy) is 1. The minimum atomic E-state index is -4.27. The largest absolute Gasteiger partial charge is 0.487 e. The number of alkyl halides is 3. The van der Waals surface area contributed by atoms with Gasteiger partial charge in [0.15, 0.2) is 0 Å². The maximum Gasteiger partial charge on any atom is 0.405 e. The van der Waals surface area contributed by atoms with Crippen LogP contribution in [0.5, 0.6) is 5.75 Å². The summed E-state index contributed by atoms with van der Waals surface area (Å²) in [5.41, 5.74) is 2.65. The van der Waals surface area contributed by atoms with Crippen molar-refractivity contribution in [2.75, 3.05) is 32.1 Å². The van der Waals surface area contributed by atoms with Crippen molar-refractivity contribution in [1.82, 2.24) is 16.0 Å². The van der Waals surface area contributed by atoms with Crippen LogP contribution in [0.1, 0.15) is 13.3 Å². The van der Waals surface area contributed by atoms with Gasteiger partial charge in [-0.05, 0) is 25.5 Å². The predicted octanol–water partition coefficient (Wildman–Crippen LogP) is 3.50. The third kappa shape index (κ3) is 7.44. The molecule has 1 heterocycles.